The average molecular weight is 505 g/mol. The van der Waals surface area contributed by atoms with E-state index in [1.165, 1.54) is 5.57 Å². The smallest absolute Gasteiger partial charge is 0.192 e. The number of allylic oxidation sites excluding steroid dienone is 2. The second-order valence-electron chi connectivity index (χ2n) is 11.6. The Morgan fingerprint density at radius 3 is 2.26 bits per heavy atom. The quantitative estimate of drug-likeness (QED) is 0.139. The third-order valence-electron chi connectivity index (χ3n) is 8.71. The Labute approximate surface area is 219 Å². The molecule has 202 valence electrons. The summed E-state index contributed by atoms with van der Waals surface area (Å²) in [5.74, 6) is 4.95. The molecule has 1 saturated heterocycles. The number of ether oxygens (including phenoxy) is 1. The fourth-order valence-electron chi connectivity index (χ4n) is 5.95. The standard InChI is InChI=1S/C31H56O3Si/c1-12-29-27(10)31(34-35(13-2,14-3)15-4)28(11)30(33-29)17-16-22(5)18-23(6)19-24(7)20-25(8)26(9)21-32/h1,18,22,24-25,27-32H,9,13-17,19-21H2,2-8,10-11H3/b23-18+/t22-,24+,25-,27-,28-,29-,30+,31+/m1/s1. The van der Waals surface area contributed by atoms with E-state index in [0.29, 0.717) is 23.7 Å². The van der Waals surface area contributed by atoms with Crippen LogP contribution in [0.3, 0.4) is 0 Å². The van der Waals surface area contributed by atoms with E-state index in [2.05, 4.69) is 80.9 Å². The van der Waals surface area contributed by atoms with Crippen molar-refractivity contribution in [2.45, 2.75) is 124 Å². The summed E-state index contributed by atoms with van der Waals surface area (Å²) >= 11 is 0. The van der Waals surface area contributed by atoms with Gasteiger partial charge in [-0.25, -0.2) is 0 Å². The van der Waals surface area contributed by atoms with Crippen LogP contribution in [0.15, 0.2) is 23.8 Å². The number of terminal acetylenes is 1. The van der Waals surface area contributed by atoms with Gasteiger partial charge in [0.1, 0.15) is 6.10 Å². The topological polar surface area (TPSA) is 38.7 Å². The predicted octanol–water partition coefficient (Wildman–Crippen LogP) is 8.01. The number of hydrogen-bond acceptors (Lipinski definition) is 3. The molecular formula is C31H56O3Si. The highest BCUT2D eigenvalue weighted by Gasteiger charge is 2.45. The molecule has 8 atom stereocenters. The normalized spacial score (nSPS) is 28.3. The van der Waals surface area contributed by atoms with Crippen molar-refractivity contribution < 1.29 is 14.3 Å². The van der Waals surface area contributed by atoms with Crippen molar-refractivity contribution in [3.8, 4) is 12.3 Å². The van der Waals surface area contributed by atoms with Gasteiger partial charge < -0.3 is 14.3 Å². The maximum absolute atomic E-state index is 9.32. The van der Waals surface area contributed by atoms with Crippen LogP contribution >= 0.6 is 0 Å². The molecule has 0 aliphatic carbocycles. The first kappa shape index (κ1) is 32.2. The van der Waals surface area contributed by atoms with Crippen LogP contribution in [-0.2, 0) is 9.16 Å². The first-order valence-electron chi connectivity index (χ1n) is 14.2. The molecule has 0 saturated carbocycles. The Morgan fingerprint density at radius 1 is 1.14 bits per heavy atom. The van der Waals surface area contributed by atoms with Gasteiger partial charge in [-0.3, -0.25) is 0 Å². The molecule has 0 aromatic rings. The maximum Gasteiger partial charge on any atom is 0.192 e. The van der Waals surface area contributed by atoms with E-state index in [4.69, 9.17) is 15.6 Å². The van der Waals surface area contributed by atoms with E-state index in [1.807, 2.05) is 0 Å². The fourth-order valence-corrected chi connectivity index (χ4v) is 8.95. The van der Waals surface area contributed by atoms with Gasteiger partial charge in [-0.15, -0.1) is 6.42 Å². The van der Waals surface area contributed by atoms with Crippen LogP contribution in [0, 0.1) is 41.9 Å². The average Bonchev–Trinajstić information content (AvgIpc) is 2.83. The third kappa shape index (κ3) is 9.51. The first-order valence-corrected chi connectivity index (χ1v) is 16.7. The number of hydrogen-bond donors (Lipinski definition) is 1. The van der Waals surface area contributed by atoms with Crippen LogP contribution in [-0.4, -0.2) is 38.3 Å². The summed E-state index contributed by atoms with van der Waals surface area (Å²) in [5.41, 5.74) is 2.39. The minimum Gasteiger partial charge on any atom is -0.413 e. The Bertz CT molecular complexity index is 696. The second-order valence-corrected chi connectivity index (χ2v) is 16.4. The largest absolute Gasteiger partial charge is 0.413 e. The summed E-state index contributed by atoms with van der Waals surface area (Å²) in [6, 6.07) is 3.48. The molecule has 0 bridgehead atoms. The Balaban J connectivity index is 2.77. The summed E-state index contributed by atoms with van der Waals surface area (Å²) in [5, 5.41) is 9.32. The molecule has 4 heteroatoms. The molecule has 0 spiro atoms. The van der Waals surface area contributed by atoms with Crippen molar-refractivity contribution in [2.24, 2.45) is 29.6 Å². The Morgan fingerprint density at radius 2 is 1.74 bits per heavy atom. The summed E-state index contributed by atoms with van der Waals surface area (Å²) in [6.45, 7) is 24.5. The van der Waals surface area contributed by atoms with Crippen molar-refractivity contribution in [1.82, 2.24) is 0 Å². The van der Waals surface area contributed by atoms with Crippen LogP contribution in [0.4, 0.5) is 0 Å². The zero-order valence-electron chi connectivity index (χ0n) is 24.4. The molecule has 1 N–H and O–H groups in total. The van der Waals surface area contributed by atoms with Crippen LogP contribution in [0.2, 0.25) is 18.1 Å². The molecule has 0 aromatic heterocycles. The van der Waals surface area contributed by atoms with E-state index in [9.17, 15) is 5.11 Å². The molecule has 0 aromatic carbocycles. The van der Waals surface area contributed by atoms with Crippen LogP contribution in [0.5, 0.6) is 0 Å². The van der Waals surface area contributed by atoms with Crippen LogP contribution in [0.1, 0.15) is 88.0 Å². The first-order chi connectivity index (χ1) is 16.5. The molecule has 1 aliphatic heterocycles. The number of rotatable bonds is 15. The van der Waals surface area contributed by atoms with E-state index in [0.717, 1.165) is 49.4 Å². The molecule has 0 radical (unpaired) electrons. The van der Waals surface area contributed by atoms with E-state index in [-0.39, 0.29) is 30.8 Å². The highest BCUT2D eigenvalue weighted by molar-refractivity contribution is 6.73. The van der Waals surface area contributed by atoms with Gasteiger partial charge >= 0.3 is 0 Å². The van der Waals surface area contributed by atoms with Gasteiger partial charge in [0.25, 0.3) is 0 Å². The zero-order chi connectivity index (χ0) is 26.8. The van der Waals surface area contributed by atoms with E-state index < -0.39 is 8.32 Å². The fraction of sp³-hybridized carbons (Fsp3) is 0.806. The molecule has 35 heavy (non-hydrogen) atoms. The molecule has 1 heterocycles. The third-order valence-corrected chi connectivity index (χ3v) is 13.3. The van der Waals surface area contributed by atoms with Gasteiger partial charge in [0, 0.05) is 11.8 Å². The summed E-state index contributed by atoms with van der Waals surface area (Å²) in [7, 11) is -1.72. The summed E-state index contributed by atoms with van der Waals surface area (Å²) < 4.78 is 13.5. The van der Waals surface area contributed by atoms with Gasteiger partial charge in [-0.2, -0.15) is 0 Å². The van der Waals surface area contributed by atoms with Crippen molar-refractivity contribution in [2.75, 3.05) is 6.61 Å². The van der Waals surface area contributed by atoms with Crippen molar-refractivity contribution in [1.29, 1.82) is 0 Å². The minimum absolute atomic E-state index is 0.0884. The second kappa shape index (κ2) is 15.4. The highest BCUT2D eigenvalue weighted by atomic mass is 28.4. The number of aliphatic hydroxyl groups is 1. The predicted molar refractivity (Wildman–Crippen MR) is 154 cm³/mol. The maximum atomic E-state index is 9.32. The Kier molecular flexibility index (Phi) is 14.2. The molecule has 0 amide bonds. The van der Waals surface area contributed by atoms with Gasteiger partial charge in [0.15, 0.2) is 8.32 Å². The lowest BCUT2D eigenvalue weighted by atomic mass is 9.81. The van der Waals surface area contributed by atoms with Gasteiger partial charge in [0.2, 0.25) is 0 Å². The lowest BCUT2D eigenvalue weighted by Crippen LogP contribution is -2.54. The van der Waals surface area contributed by atoms with Gasteiger partial charge in [0.05, 0.1) is 18.8 Å². The molecule has 0 unspecified atom stereocenters. The van der Waals surface area contributed by atoms with Crippen molar-refractivity contribution >= 4 is 8.32 Å². The lowest BCUT2D eigenvalue weighted by Gasteiger charge is -2.47. The molecule has 1 rings (SSSR count). The molecule has 3 nitrogen and oxygen atoms in total. The lowest BCUT2D eigenvalue weighted by molar-refractivity contribution is -0.140. The number of aliphatic hydroxyl groups excluding tert-OH is 1. The van der Waals surface area contributed by atoms with Gasteiger partial charge in [-0.1, -0.05) is 79.5 Å². The van der Waals surface area contributed by atoms with Crippen LogP contribution < -0.4 is 0 Å². The zero-order valence-corrected chi connectivity index (χ0v) is 25.4. The summed E-state index contributed by atoms with van der Waals surface area (Å²) in [6.07, 6.45) is 12.8. The van der Waals surface area contributed by atoms with E-state index in [1.54, 1.807) is 0 Å². The van der Waals surface area contributed by atoms with Crippen LogP contribution in [0.25, 0.3) is 0 Å². The molecular weight excluding hydrogens is 448 g/mol. The van der Waals surface area contributed by atoms with E-state index >= 15 is 0 Å². The van der Waals surface area contributed by atoms with Crippen molar-refractivity contribution in [3.63, 3.8) is 0 Å². The highest BCUT2D eigenvalue weighted by Crippen LogP contribution is 2.38. The molecule has 1 aliphatic rings. The van der Waals surface area contributed by atoms with Gasteiger partial charge in [-0.05, 0) is 74.1 Å². The van der Waals surface area contributed by atoms with Crippen molar-refractivity contribution in [3.05, 3.63) is 23.8 Å². The summed E-state index contributed by atoms with van der Waals surface area (Å²) in [4.78, 5) is 0. The Hall–Kier alpha value is -0.863. The SMILES string of the molecule is C#C[C@H]1O[C@@H](CC[C@@H](C)/C=C(\C)C[C@H](C)C[C@@H](C)C(=C)CO)[C@@H](C)[C@@H](O[Si](CC)(CC)CC)[C@@H]1C. The minimum atomic E-state index is -1.72. The monoisotopic (exact) mass is 504 g/mol. The molecule has 1 fully saturated rings.